The highest BCUT2D eigenvalue weighted by Crippen LogP contribution is 2.24. The van der Waals surface area contributed by atoms with Crippen molar-refractivity contribution in [3.05, 3.63) is 36.0 Å². The molecule has 3 rings (SSSR count). The molecule has 2 heterocycles. The van der Waals surface area contributed by atoms with Crippen molar-refractivity contribution in [2.24, 2.45) is 0 Å². The fourth-order valence-electron chi connectivity index (χ4n) is 2.65. The molecule has 0 bridgehead atoms. The van der Waals surface area contributed by atoms with Gasteiger partial charge in [0.05, 0.1) is 24.7 Å². The second kappa shape index (κ2) is 5.49. The molecule has 0 amide bonds. The molecule has 1 aromatic carbocycles. The van der Waals surface area contributed by atoms with E-state index in [1.54, 1.807) is 0 Å². The molecule has 4 nitrogen and oxygen atoms in total. The maximum absolute atomic E-state index is 11.3. The van der Waals surface area contributed by atoms with Crippen molar-refractivity contribution in [1.82, 2.24) is 4.98 Å². The number of ether oxygens (including phenoxy) is 1. The molecule has 0 spiro atoms. The minimum atomic E-state index is -0.259. The number of fused-ring (bicyclic) bond motifs is 1. The number of anilines is 1. The maximum Gasteiger partial charge on any atom is 0.311 e. The quantitative estimate of drug-likeness (QED) is 0.804. The summed E-state index contributed by atoms with van der Waals surface area (Å²) in [5, 5.41) is 1.11. The summed E-state index contributed by atoms with van der Waals surface area (Å²) >= 11 is 0. The zero-order chi connectivity index (χ0) is 13.9. The molecule has 1 aliphatic rings. The number of esters is 1. The predicted octanol–water partition coefficient (Wildman–Crippen LogP) is 2.55. The van der Waals surface area contributed by atoms with Gasteiger partial charge in [0.25, 0.3) is 0 Å². The smallest absolute Gasteiger partial charge is 0.311 e. The number of hydrogen-bond donors (Lipinski definition) is 0. The van der Waals surface area contributed by atoms with Crippen molar-refractivity contribution < 1.29 is 9.53 Å². The van der Waals surface area contributed by atoms with E-state index in [2.05, 4.69) is 26.8 Å². The summed E-state index contributed by atoms with van der Waals surface area (Å²) in [6.45, 7) is 2.28. The largest absolute Gasteiger partial charge is 0.469 e. The molecular weight excluding hydrogens is 252 g/mol. The Morgan fingerprint density at radius 1 is 1.25 bits per heavy atom. The van der Waals surface area contributed by atoms with Crippen LogP contribution in [0.4, 0.5) is 5.69 Å². The third-order valence-corrected chi connectivity index (χ3v) is 3.75. The first-order valence-corrected chi connectivity index (χ1v) is 6.98. The summed E-state index contributed by atoms with van der Waals surface area (Å²) in [6, 6.07) is 10.2. The van der Waals surface area contributed by atoms with Gasteiger partial charge in [-0.3, -0.25) is 9.78 Å². The van der Waals surface area contributed by atoms with E-state index < -0.39 is 0 Å². The van der Waals surface area contributed by atoms with Gasteiger partial charge in [-0.25, -0.2) is 0 Å². The van der Waals surface area contributed by atoms with Gasteiger partial charge in [-0.15, -0.1) is 0 Å². The highest BCUT2D eigenvalue weighted by molar-refractivity contribution is 5.83. The van der Waals surface area contributed by atoms with E-state index in [4.69, 9.17) is 0 Å². The first-order chi connectivity index (χ1) is 9.76. The summed E-state index contributed by atoms with van der Waals surface area (Å²) < 4.78 is 4.67. The molecule has 0 radical (unpaired) electrons. The number of rotatable bonds is 3. The summed E-state index contributed by atoms with van der Waals surface area (Å²) in [6.07, 6.45) is 2.77. The monoisotopic (exact) mass is 270 g/mol. The van der Waals surface area contributed by atoms with E-state index in [-0.39, 0.29) is 12.4 Å². The standard InChI is InChI=1S/C16H18N2O2/c1-20-16(19)11-13-5-4-12-10-14(6-7-15(12)17-13)18-8-2-3-9-18/h4-7,10H,2-3,8-9,11H2,1H3. The van der Waals surface area contributed by atoms with Crippen LogP contribution >= 0.6 is 0 Å². The molecule has 0 atom stereocenters. The Morgan fingerprint density at radius 2 is 2.05 bits per heavy atom. The number of carbonyl (C=O) groups excluding carboxylic acids is 1. The van der Waals surface area contributed by atoms with Crippen molar-refractivity contribution in [1.29, 1.82) is 0 Å². The second-order valence-corrected chi connectivity index (χ2v) is 5.13. The third kappa shape index (κ3) is 2.59. The molecular formula is C16H18N2O2. The number of carbonyl (C=O) groups is 1. The zero-order valence-corrected chi connectivity index (χ0v) is 11.6. The molecule has 20 heavy (non-hydrogen) atoms. The van der Waals surface area contributed by atoms with Crippen molar-refractivity contribution in [3.8, 4) is 0 Å². The van der Waals surface area contributed by atoms with Crippen LogP contribution in [-0.2, 0) is 16.0 Å². The molecule has 0 saturated carbocycles. The van der Waals surface area contributed by atoms with Crippen molar-refractivity contribution in [2.45, 2.75) is 19.3 Å². The van der Waals surface area contributed by atoms with Gasteiger partial charge < -0.3 is 9.64 Å². The van der Waals surface area contributed by atoms with Crippen LogP contribution in [0, 0.1) is 0 Å². The highest BCUT2D eigenvalue weighted by atomic mass is 16.5. The lowest BCUT2D eigenvalue weighted by atomic mass is 10.1. The summed E-state index contributed by atoms with van der Waals surface area (Å²) in [7, 11) is 1.39. The van der Waals surface area contributed by atoms with Crippen LogP contribution in [0.5, 0.6) is 0 Å². The number of methoxy groups -OCH3 is 1. The van der Waals surface area contributed by atoms with Crippen LogP contribution in [0.15, 0.2) is 30.3 Å². The van der Waals surface area contributed by atoms with Gasteiger partial charge in [-0.2, -0.15) is 0 Å². The number of aromatic nitrogens is 1. The zero-order valence-electron chi connectivity index (χ0n) is 11.6. The number of benzene rings is 1. The lowest BCUT2D eigenvalue weighted by molar-refractivity contribution is -0.139. The van der Waals surface area contributed by atoms with Crippen molar-refractivity contribution in [2.75, 3.05) is 25.1 Å². The number of nitrogens with zero attached hydrogens (tertiary/aromatic N) is 2. The van der Waals surface area contributed by atoms with Gasteiger partial charge in [0, 0.05) is 24.2 Å². The average molecular weight is 270 g/mol. The van der Waals surface area contributed by atoms with Gasteiger partial charge in [0.1, 0.15) is 0 Å². The first kappa shape index (κ1) is 12.9. The number of hydrogen-bond acceptors (Lipinski definition) is 4. The van der Waals surface area contributed by atoms with Crippen molar-refractivity contribution in [3.63, 3.8) is 0 Å². The normalized spacial score (nSPS) is 14.8. The Bertz CT molecular complexity index is 633. The third-order valence-electron chi connectivity index (χ3n) is 3.75. The molecule has 0 unspecified atom stereocenters. The molecule has 1 fully saturated rings. The average Bonchev–Trinajstić information content (AvgIpc) is 3.01. The molecule has 1 aromatic heterocycles. The van der Waals surface area contributed by atoms with E-state index in [0.29, 0.717) is 0 Å². The lowest BCUT2D eigenvalue weighted by Gasteiger charge is -2.17. The summed E-state index contributed by atoms with van der Waals surface area (Å²) in [4.78, 5) is 18.2. The molecule has 1 aliphatic heterocycles. The van der Waals surface area contributed by atoms with Crippen LogP contribution in [0.3, 0.4) is 0 Å². The fourth-order valence-corrected chi connectivity index (χ4v) is 2.65. The Labute approximate surface area is 118 Å². The van der Waals surface area contributed by atoms with Gasteiger partial charge in [-0.1, -0.05) is 6.07 Å². The van der Waals surface area contributed by atoms with Crippen LogP contribution in [0.1, 0.15) is 18.5 Å². The van der Waals surface area contributed by atoms with E-state index in [1.165, 1.54) is 25.6 Å². The fraction of sp³-hybridized carbons (Fsp3) is 0.375. The summed E-state index contributed by atoms with van der Waals surface area (Å²) in [5.74, 6) is -0.259. The molecule has 0 N–H and O–H groups in total. The van der Waals surface area contributed by atoms with Gasteiger partial charge in [0.15, 0.2) is 0 Å². The van der Waals surface area contributed by atoms with Crippen LogP contribution in [0.2, 0.25) is 0 Å². The maximum atomic E-state index is 11.3. The van der Waals surface area contributed by atoms with Crippen LogP contribution in [0.25, 0.3) is 10.9 Å². The van der Waals surface area contributed by atoms with E-state index >= 15 is 0 Å². The second-order valence-electron chi connectivity index (χ2n) is 5.13. The Hall–Kier alpha value is -2.10. The predicted molar refractivity (Wildman–Crippen MR) is 78.9 cm³/mol. The Balaban J connectivity index is 1.88. The van der Waals surface area contributed by atoms with Crippen LogP contribution in [-0.4, -0.2) is 31.2 Å². The Kier molecular flexibility index (Phi) is 3.54. The first-order valence-electron chi connectivity index (χ1n) is 6.98. The van der Waals surface area contributed by atoms with Crippen molar-refractivity contribution >= 4 is 22.6 Å². The van der Waals surface area contributed by atoms with E-state index in [9.17, 15) is 4.79 Å². The molecule has 1 saturated heterocycles. The molecule has 2 aromatic rings. The van der Waals surface area contributed by atoms with E-state index in [1.807, 2.05) is 18.2 Å². The molecule has 0 aliphatic carbocycles. The minimum absolute atomic E-state index is 0.223. The highest BCUT2D eigenvalue weighted by Gasteiger charge is 2.13. The lowest BCUT2D eigenvalue weighted by Crippen LogP contribution is -2.17. The topological polar surface area (TPSA) is 42.4 Å². The molecule has 104 valence electrons. The van der Waals surface area contributed by atoms with Gasteiger partial charge in [0.2, 0.25) is 0 Å². The molecule has 4 heteroatoms. The van der Waals surface area contributed by atoms with Gasteiger partial charge >= 0.3 is 5.97 Å². The Morgan fingerprint density at radius 3 is 2.80 bits per heavy atom. The summed E-state index contributed by atoms with van der Waals surface area (Å²) in [5.41, 5.74) is 2.94. The van der Waals surface area contributed by atoms with E-state index in [0.717, 1.165) is 29.7 Å². The number of pyridine rings is 1. The minimum Gasteiger partial charge on any atom is -0.469 e. The SMILES string of the molecule is COC(=O)Cc1ccc2cc(N3CCCC3)ccc2n1. The van der Waals surface area contributed by atoms with Crippen LogP contribution < -0.4 is 4.90 Å². The van der Waals surface area contributed by atoms with Gasteiger partial charge in [-0.05, 0) is 37.1 Å².